The van der Waals surface area contributed by atoms with Crippen LogP contribution in [0.25, 0.3) is 11.0 Å². The number of fused-ring (bicyclic) bond motifs is 1. The predicted octanol–water partition coefficient (Wildman–Crippen LogP) is 1.22. The van der Waals surface area contributed by atoms with Gasteiger partial charge in [0.05, 0.1) is 18.7 Å². The van der Waals surface area contributed by atoms with E-state index in [9.17, 15) is 0 Å². The maximum atomic E-state index is 8.30. The Kier molecular flexibility index (Phi) is 2.12. The Morgan fingerprint density at radius 2 is 2.36 bits per heavy atom. The van der Waals surface area contributed by atoms with Crippen molar-refractivity contribution in [2.75, 3.05) is 0 Å². The molecule has 0 saturated carbocycles. The second-order valence-electron chi connectivity index (χ2n) is 2.67. The van der Waals surface area contributed by atoms with E-state index < -0.39 is 0 Å². The predicted molar refractivity (Wildman–Crippen MR) is 51.0 cm³/mol. The van der Waals surface area contributed by atoms with Crippen LogP contribution < -0.4 is 0 Å². The zero-order valence-electron chi connectivity index (χ0n) is 7.28. The van der Waals surface area contributed by atoms with Gasteiger partial charge in [-0.3, -0.25) is 5.10 Å². The van der Waals surface area contributed by atoms with Gasteiger partial charge in [-0.15, -0.1) is 0 Å². The summed E-state index contributed by atoms with van der Waals surface area (Å²) in [7, 11) is 0. The minimum Gasteiger partial charge on any atom is -0.261 e. The van der Waals surface area contributed by atoms with Crippen molar-refractivity contribution in [1.29, 1.82) is 5.26 Å². The maximum Gasteiger partial charge on any atom is 0.155 e. The maximum absolute atomic E-state index is 8.30. The molecule has 4 nitrogen and oxygen atoms in total. The van der Waals surface area contributed by atoms with Crippen molar-refractivity contribution in [3.63, 3.8) is 0 Å². The van der Waals surface area contributed by atoms with Gasteiger partial charge in [-0.2, -0.15) is 10.4 Å². The second kappa shape index (κ2) is 3.59. The van der Waals surface area contributed by atoms with Crippen molar-refractivity contribution in [2.45, 2.75) is 6.42 Å². The van der Waals surface area contributed by atoms with Crippen molar-refractivity contribution in [2.24, 2.45) is 0 Å². The van der Waals surface area contributed by atoms with Crippen LogP contribution in [0, 0.1) is 23.2 Å². The molecule has 0 atom stereocenters. The van der Waals surface area contributed by atoms with E-state index >= 15 is 0 Å². The molecule has 0 fully saturated rings. The Bertz CT molecular complexity index is 550. The van der Waals surface area contributed by atoms with E-state index in [1.165, 1.54) is 0 Å². The third-order valence-corrected chi connectivity index (χ3v) is 1.69. The van der Waals surface area contributed by atoms with E-state index in [4.69, 9.17) is 5.26 Å². The van der Waals surface area contributed by atoms with Gasteiger partial charge >= 0.3 is 0 Å². The SMILES string of the molecule is N#CCC#Cc1cnc2[nH]ncc2c1. The lowest BCUT2D eigenvalue weighted by molar-refractivity contribution is 1.10. The number of hydrogen-bond donors (Lipinski definition) is 1. The lowest BCUT2D eigenvalue weighted by Gasteiger charge is -1.88. The Balaban J connectivity index is 2.37. The smallest absolute Gasteiger partial charge is 0.155 e. The van der Waals surface area contributed by atoms with E-state index in [0.29, 0.717) is 0 Å². The van der Waals surface area contributed by atoms with Gasteiger partial charge < -0.3 is 0 Å². The summed E-state index contributed by atoms with van der Waals surface area (Å²) in [6, 6.07) is 3.84. The normalized spacial score (nSPS) is 9.07. The van der Waals surface area contributed by atoms with Gasteiger partial charge in [0, 0.05) is 17.1 Å². The lowest BCUT2D eigenvalue weighted by Crippen LogP contribution is -1.79. The number of rotatable bonds is 0. The highest BCUT2D eigenvalue weighted by molar-refractivity contribution is 5.75. The highest BCUT2D eigenvalue weighted by Crippen LogP contribution is 2.08. The zero-order valence-corrected chi connectivity index (χ0v) is 7.28. The Hall–Kier alpha value is -2.33. The first kappa shape index (κ1) is 8.28. The number of hydrogen-bond acceptors (Lipinski definition) is 3. The van der Waals surface area contributed by atoms with Gasteiger partial charge in [0.1, 0.15) is 0 Å². The van der Waals surface area contributed by atoms with E-state index in [1.54, 1.807) is 12.4 Å². The van der Waals surface area contributed by atoms with E-state index in [2.05, 4.69) is 27.0 Å². The molecule has 0 saturated heterocycles. The van der Waals surface area contributed by atoms with Gasteiger partial charge in [-0.05, 0) is 6.07 Å². The van der Waals surface area contributed by atoms with Crippen LogP contribution in [-0.4, -0.2) is 15.2 Å². The van der Waals surface area contributed by atoms with Crippen LogP contribution in [0.3, 0.4) is 0 Å². The third kappa shape index (κ3) is 1.55. The fraction of sp³-hybridized carbons (Fsp3) is 0.100. The minimum atomic E-state index is 0.240. The van der Waals surface area contributed by atoms with Crippen molar-refractivity contribution in [1.82, 2.24) is 15.2 Å². The minimum absolute atomic E-state index is 0.240. The molecule has 0 aliphatic heterocycles. The zero-order chi connectivity index (χ0) is 9.80. The molecule has 2 heterocycles. The van der Waals surface area contributed by atoms with Crippen LogP contribution in [0.15, 0.2) is 18.5 Å². The van der Waals surface area contributed by atoms with Crippen LogP contribution in [-0.2, 0) is 0 Å². The molecule has 0 aliphatic carbocycles. The topological polar surface area (TPSA) is 65.4 Å². The molecule has 0 spiro atoms. The Morgan fingerprint density at radius 3 is 3.21 bits per heavy atom. The lowest BCUT2D eigenvalue weighted by atomic mass is 10.2. The molecule has 0 unspecified atom stereocenters. The number of pyridine rings is 1. The fourth-order valence-electron chi connectivity index (χ4n) is 1.09. The molecule has 0 bridgehead atoms. The summed E-state index contributed by atoms with van der Waals surface area (Å²) in [5.41, 5.74) is 1.55. The summed E-state index contributed by atoms with van der Waals surface area (Å²) >= 11 is 0. The van der Waals surface area contributed by atoms with E-state index in [0.717, 1.165) is 16.6 Å². The number of nitrogens with one attached hydrogen (secondary N) is 1. The molecule has 2 aromatic heterocycles. The summed E-state index contributed by atoms with van der Waals surface area (Å²) in [5, 5.41) is 15.8. The molecule has 0 aliphatic rings. The number of nitrogens with zero attached hydrogens (tertiary/aromatic N) is 3. The van der Waals surface area contributed by atoms with Crippen LogP contribution in [0.1, 0.15) is 12.0 Å². The van der Waals surface area contributed by atoms with E-state index in [1.807, 2.05) is 12.1 Å². The van der Waals surface area contributed by atoms with Gasteiger partial charge in [0.25, 0.3) is 0 Å². The number of aromatic nitrogens is 3. The highest BCUT2D eigenvalue weighted by atomic mass is 15.1. The Morgan fingerprint density at radius 1 is 1.43 bits per heavy atom. The average Bonchev–Trinajstić information content (AvgIpc) is 2.65. The first-order valence-electron chi connectivity index (χ1n) is 4.05. The summed E-state index contributed by atoms with van der Waals surface area (Å²) in [4.78, 5) is 4.12. The summed E-state index contributed by atoms with van der Waals surface area (Å²) in [5.74, 6) is 5.58. The van der Waals surface area contributed by atoms with Crippen LogP contribution in [0.2, 0.25) is 0 Å². The molecule has 2 aromatic rings. The molecule has 0 amide bonds. The monoisotopic (exact) mass is 182 g/mol. The first-order chi connectivity index (χ1) is 6.90. The van der Waals surface area contributed by atoms with Crippen LogP contribution in [0.4, 0.5) is 0 Å². The van der Waals surface area contributed by atoms with Crippen LogP contribution in [0.5, 0.6) is 0 Å². The van der Waals surface area contributed by atoms with Gasteiger partial charge in [0.15, 0.2) is 5.65 Å². The first-order valence-corrected chi connectivity index (χ1v) is 4.05. The second-order valence-corrected chi connectivity index (χ2v) is 2.67. The number of nitriles is 1. The van der Waals surface area contributed by atoms with Crippen molar-refractivity contribution >= 4 is 11.0 Å². The standard InChI is InChI=1S/C10H6N4/c11-4-2-1-3-8-5-9-7-13-14-10(9)12-6-8/h5-7H,2H2,(H,12,13,14). The molecule has 0 radical (unpaired) electrons. The Labute approximate surface area is 80.6 Å². The summed E-state index contributed by atoms with van der Waals surface area (Å²) < 4.78 is 0. The van der Waals surface area contributed by atoms with E-state index in [-0.39, 0.29) is 6.42 Å². The molecule has 2 rings (SSSR count). The molecule has 1 N–H and O–H groups in total. The van der Waals surface area contributed by atoms with Crippen molar-refractivity contribution < 1.29 is 0 Å². The number of aromatic amines is 1. The fourth-order valence-corrected chi connectivity index (χ4v) is 1.09. The highest BCUT2D eigenvalue weighted by Gasteiger charge is 1.96. The number of H-pyrrole nitrogens is 1. The van der Waals surface area contributed by atoms with Gasteiger partial charge in [0.2, 0.25) is 0 Å². The molecule has 14 heavy (non-hydrogen) atoms. The molecular weight excluding hydrogens is 176 g/mol. The average molecular weight is 182 g/mol. The molecule has 0 aromatic carbocycles. The summed E-state index contributed by atoms with van der Waals surface area (Å²) in [6.45, 7) is 0. The largest absolute Gasteiger partial charge is 0.261 e. The molecular formula is C10H6N4. The third-order valence-electron chi connectivity index (χ3n) is 1.69. The van der Waals surface area contributed by atoms with Crippen molar-refractivity contribution in [3.05, 3.63) is 24.0 Å². The van der Waals surface area contributed by atoms with Gasteiger partial charge in [-0.1, -0.05) is 11.8 Å². The summed E-state index contributed by atoms with van der Waals surface area (Å²) in [6.07, 6.45) is 3.59. The van der Waals surface area contributed by atoms with Crippen LogP contribution >= 0.6 is 0 Å². The quantitative estimate of drug-likeness (QED) is 0.623. The van der Waals surface area contributed by atoms with Gasteiger partial charge in [-0.25, -0.2) is 4.98 Å². The molecule has 66 valence electrons. The molecule has 4 heteroatoms. The van der Waals surface area contributed by atoms with Crippen molar-refractivity contribution in [3.8, 4) is 17.9 Å².